The van der Waals surface area contributed by atoms with Gasteiger partial charge in [0.25, 0.3) is 0 Å². The first-order valence-electron chi connectivity index (χ1n) is 9.95. The number of aromatic nitrogens is 2. The van der Waals surface area contributed by atoms with Gasteiger partial charge in [-0.05, 0) is 48.2 Å². The van der Waals surface area contributed by atoms with Crippen LogP contribution in [0.15, 0.2) is 60.9 Å². The van der Waals surface area contributed by atoms with Crippen LogP contribution in [0, 0.1) is 6.57 Å². The number of hydrogen-bond donors (Lipinski definition) is 1. The van der Waals surface area contributed by atoms with Gasteiger partial charge in [-0.1, -0.05) is 38.1 Å². The van der Waals surface area contributed by atoms with Gasteiger partial charge < -0.3 is 20.1 Å². The van der Waals surface area contributed by atoms with E-state index in [0.717, 1.165) is 18.6 Å². The van der Waals surface area contributed by atoms with E-state index >= 15 is 0 Å². The highest BCUT2D eigenvalue weighted by Crippen LogP contribution is 2.34. The Bertz CT molecular complexity index is 1030. The lowest BCUT2D eigenvalue weighted by molar-refractivity contribution is 0.101. The molecule has 30 heavy (non-hydrogen) atoms. The molecule has 152 valence electrons. The van der Waals surface area contributed by atoms with Crippen LogP contribution in [-0.4, -0.2) is 22.1 Å². The maximum atomic E-state index is 6.90. The molecular formula is C24H24N4O2. The van der Waals surface area contributed by atoms with Crippen LogP contribution in [-0.2, 0) is 5.41 Å². The standard InChI is InChI=1S/C24H24N4O2/c1-24(2,16-4-8-19(9-5-16)29-21-12-18(25)13-21)17-6-10-20(11-7-17)30-22-14-27-23(26-3)28-15-22/h4-11,14-15,18,21H,12-13,25H2,1-2H3. The van der Waals surface area contributed by atoms with Crippen LogP contribution in [0.5, 0.6) is 17.2 Å². The second kappa shape index (κ2) is 8.13. The molecule has 0 saturated heterocycles. The number of nitrogens with two attached hydrogens (primary N) is 1. The normalized spacial score (nSPS) is 18.2. The lowest BCUT2D eigenvalue weighted by atomic mass is 9.78. The minimum Gasteiger partial charge on any atom is -0.490 e. The van der Waals surface area contributed by atoms with E-state index in [2.05, 4.69) is 52.9 Å². The summed E-state index contributed by atoms with van der Waals surface area (Å²) in [7, 11) is 0. The molecular weight excluding hydrogens is 376 g/mol. The first-order chi connectivity index (χ1) is 14.4. The van der Waals surface area contributed by atoms with E-state index in [1.54, 1.807) is 0 Å². The second-order valence-corrected chi connectivity index (χ2v) is 8.08. The Morgan fingerprint density at radius 2 is 1.43 bits per heavy atom. The molecule has 1 aliphatic rings. The molecule has 1 aliphatic carbocycles. The van der Waals surface area contributed by atoms with Crippen LogP contribution >= 0.6 is 0 Å². The molecule has 0 aliphatic heterocycles. The summed E-state index contributed by atoms with van der Waals surface area (Å²) >= 11 is 0. The highest BCUT2D eigenvalue weighted by Gasteiger charge is 2.28. The van der Waals surface area contributed by atoms with Gasteiger partial charge in [-0.25, -0.2) is 0 Å². The second-order valence-electron chi connectivity index (χ2n) is 8.08. The zero-order chi connectivity index (χ0) is 21.1. The van der Waals surface area contributed by atoms with Crippen molar-refractivity contribution in [2.45, 2.75) is 44.2 Å². The molecule has 0 spiro atoms. The molecule has 6 heteroatoms. The zero-order valence-corrected chi connectivity index (χ0v) is 17.1. The third-order valence-corrected chi connectivity index (χ3v) is 5.54. The molecule has 1 aromatic heterocycles. The van der Waals surface area contributed by atoms with Gasteiger partial charge in [0.1, 0.15) is 30.0 Å². The predicted molar refractivity (Wildman–Crippen MR) is 115 cm³/mol. The van der Waals surface area contributed by atoms with Crippen molar-refractivity contribution in [3.05, 3.63) is 83.5 Å². The van der Waals surface area contributed by atoms with Gasteiger partial charge in [0.2, 0.25) is 0 Å². The lowest BCUT2D eigenvalue weighted by Gasteiger charge is -2.33. The van der Waals surface area contributed by atoms with Crippen molar-refractivity contribution in [2.24, 2.45) is 5.73 Å². The molecule has 3 aromatic rings. The van der Waals surface area contributed by atoms with E-state index in [1.807, 2.05) is 24.3 Å². The van der Waals surface area contributed by atoms with E-state index in [1.165, 1.54) is 23.5 Å². The quantitative estimate of drug-likeness (QED) is 0.589. The van der Waals surface area contributed by atoms with Crippen molar-refractivity contribution in [1.82, 2.24) is 9.97 Å². The summed E-state index contributed by atoms with van der Waals surface area (Å²) < 4.78 is 11.7. The van der Waals surface area contributed by atoms with Crippen molar-refractivity contribution < 1.29 is 9.47 Å². The van der Waals surface area contributed by atoms with Crippen LogP contribution in [0.1, 0.15) is 37.8 Å². The summed E-state index contributed by atoms with van der Waals surface area (Å²) in [5.41, 5.74) is 8.04. The monoisotopic (exact) mass is 400 g/mol. The van der Waals surface area contributed by atoms with Crippen LogP contribution in [0.25, 0.3) is 4.85 Å². The Hall–Kier alpha value is -3.43. The van der Waals surface area contributed by atoms with Gasteiger partial charge in [0.15, 0.2) is 5.75 Å². The molecule has 4 rings (SSSR count). The van der Waals surface area contributed by atoms with Crippen LogP contribution in [0.2, 0.25) is 0 Å². The number of hydrogen-bond acceptors (Lipinski definition) is 5. The van der Waals surface area contributed by atoms with E-state index in [4.69, 9.17) is 21.8 Å². The minimum absolute atomic E-state index is 0.104. The first kappa shape index (κ1) is 19.9. The van der Waals surface area contributed by atoms with E-state index in [9.17, 15) is 0 Å². The van der Waals surface area contributed by atoms with Crippen molar-refractivity contribution >= 4 is 5.95 Å². The van der Waals surface area contributed by atoms with Crippen molar-refractivity contribution in [1.29, 1.82) is 0 Å². The average Bonchev–Trinajstić information content (AvgIpc) is 2.74. The molecule has 6 nitrogen and oxygen atoms in total. The van der Waals surface area contributed by atoms with Gasteiger partial charge >= 0.3 is 5.95 Å². The SMILES string of the molecule is [C-]#[N+]c1ncc(Oc2ccc(C(C)(C)c3ccc(OC4CC(N)C4)cc3)cc2)cn1. The number of benzene rings is 2. The summed E-state index contributed by atoms with van der Waals surface area (Å²) in [6.07, 6.45) is 5.10. The van der Waals surface area contributed by atoms with Gasteiger partial charge in [0, 0.05) is 11.5 Å². The highest BCUT2D eigenvalue weighted by atomic mass is 16.5. The molecule has 1 fully saturated rings. The number of nitrogens with zero attached hydrogens (tertiary/aromatic N) is 3. The zero-order valence-electron chi connectivity index (χ0n) is 17.1. The average molecular weight is 400 g/mol. The van der Waals surface area contributed by atoms with Crippen LogP contribution in [0.3, 0.4) is 0 Å². The van der Waals surface area contributed by atoms with E-state index < -0.39 is 0 Å². The first-order valence-corrected chi connectivity index (χ1v) is 9.95. The summed E-state index contributed by atoms with van der Waals surface area (Å²) in [4.78, 5) is 11.0. The maximum absolute atomic E-state index is 6.90. The largest absolute Gasteiger partial charge is 0.490 e. The fraction of sp³-hybridized carbons (Fsp3) is 0.292. The van der Waals surface area contributed by atoms with Gasteiger partial charge in [-0.3, -0.25) is 0 Å². The molecule has 0 amide bonds. The Morgan fingerprint density at radius 3 is 1.93 bits per heavy atom. The summed E-state index contributed by atoms with van der Waals surface area (Å²) in [6, 6.07) is 16.6. The molecule has 1 saturated carbocycles. The molecule has 0 atom stereocenters. The smallest absolute Gasteiger partial charge is 0.371 e. The maximum Gasteiger partial charge on any atom is 0.371 e. The summed E-state index contributed by atoms with van der Waals surface area (Å²) in [5.74, 6) is 2.18. The van der Waals surface area contributed by atoms with Crippen LogP contribution in [0.4, 0.5) is 5.95 Å². The summed E-state index contributed by atoms with van der Waals surface area (Å²) in [6.45, 7) is 11.3. The lowest BCUT2D eigenvalue weighted by Crippen LogP contribution is -2.43. The fourth-order valence-electron chi connectivity index (χ4n) is 3.51. The Morgan fingerprint density at radius 1 is 0.900 bits per heavy atom. The van der Waals surface area contributed by atoms with E-state index in [-0.39, 0.29) is 23.5 Å². The summed E-state index contributed by atoms with van der Waals surface area (Å²) in [5, 5.41) is 0. The Balaban J connectivity index is 1.43. The molecule has 2 N–H and O–H groups in total. The van der Waals surface area contributed by atoms with Gasteiger partial charge in [-0.2, -0.15) is 9.97 Å². The van der Waals surface area contributed by atoms with Crippen LogP contribution < -0.4 is 15.2 Å². The third-order valence-electron chi connectivity index (χ3n) is 5.54. The van der Waals surface area contributed by atoms with Crippen molar-refractivity contribution in [3.8, 4) is 17.2 Å². The third kappa shape index (κ3) is 4.27. The topological polar surface area (TPSA) is 74.6 Å². The number of rotatable bonds is 6. The fourth-order valence-corrected chi connectivity index (χ4v) is 3.51. The molecule has 0 radical (unpaired) electrons. The van der Waals surface area contributed by atoms with Crippen molar-refractivity contribution in [2.75, 3.05) is 0 Å². The Kier molecular flexibility index (Phi) is 5.39. The van der Waals surface area contributed by atoms with Crippen molar-refractivity contribution in [3.63, 3.8) is 0 Å². The Labute approximate surface area is 176 Å². The molecule has 2 aromatic carbocycles. The van der Waals surface area contributed by atoms with E-state index in [0.29, 0.717) is 11.5 Å². The predicted octanol–water partition coefficient (Wildman–Crippen LogP) is 5.01. The molecule has 1 heterocycles. The highest BCUT2D eigenvalue weighted by molar-refractivity contribution is 5.42. The number of ether oxygens (including phenoxy) is 2. The van der Waals surface area contributed by atoms with Gasteiger partial charge in [-0.15, -0.1) is 6.57 Å². The van der Waals surface area contributed by atoms with Gasteiger partial charge in [0.05, 0.1) is 0 Å². The molecule has 0 bridgehead atoms. The molecule has 0 unspecified atom stereocenters. The minimum atomic E-state index is -0.170.